The molecule has 0 radical (unpaired) electrons. The van der Waals surface area contributed by atoms with E-state index >= 15 is 0 Å². The average Bonchev–Trinajstić information content (AvgIpc) is 2.18. The molecule has 1 aliphatic rings. The van der Waals surface area contributed by atoms with Gasteiger partial charge in [0.05, 0.1) is 0 Å². The summed E-state index contributed by atoms with van der Waals surface area (Å²) in [6.45, 7) is 0. The monoisotopic (exact) mass is 204 g/mol. The van der Waals surface area contributed by atoms with E-state index in [0.717, 1.165) is 11.1 Å². The van der Waals surface area contributed by atoms with Gasteiger partial charge in [-0.2, -0.15) is 0 Å². The third-order valence-electron chi connectivity index (χ3n) is 2.24. The second-order valence-electron chi connectivity index (χ2n) is 3.13. The van der Waals surface area contributed by atoms with Crippen LogP contribution in [0.25, 0.3) is 6.08 Å². The fourth-order valence-corrected chi connectivity index (χ4v) is 1.88. The van der Waals surface area contributed by atoms with Crippen molar-refractivity contribution in [2.24, 2.45) is 5.92 Å². The third kappa shape index (κ3) is 1.36. The zero-order valence-electron chi connectivity index (χ0n) is 7.31. The maximum absolute atomic E-state index is 10.8. The minimum absolute atomic E-state index is 0.496. The highest BCUT2D eigenvalue weighted by Crippen LogP contribution is 2.23. The Labute approximate surface area is 86.9 Å². The fraction of sp³-hybridized carbons (Fsp3) is 0.0909. The molecule has 0 aliphatic heterocycles. The Bertz CT molecular complexity index is 435. The summed E-state index contributed by atoms with van der Waals surface area (Å²) < 4.78 is 0. The van der Waals surface area contributed by atoms with Crippen LogP contribution in [0.1, 0.15) is 11.1 Å². The topological polar surface area (TPSA) is 37.3 Å². The van der Waals surface area contributed by atoms with Gasteiger partial charge in [0.15, 0.2) is 0 Å². The largest absolute Gasteiger partial charge is 0.481 e. The van der Waals surface area contributed by atoms with Gasteiger partial charge < -0.3 is 5.11 Å². The van der Waals surface area contributed by atoms with Crippen molar-refractivity contribution < 1.29 is 9.90 Å². The van der Waals surface area contributed by atoms with Crippen molar-refractivity contribution in [1.29, 1.82) is 0 Å². The number of carboxylic acids is 1. The molecule has 0 heterocycles. The van der Waals surface area contributed by atoms with Gasteiger partial charge in [-0.3, -0.25) is 4.79 Å². The molecular formula is C11H8O2S. The predicted octanol–water partition coefficient (Wildman–Crippen LogP) is 2.13. The second kappa shape index (κ2) is 3.35. The SMILES string of the molecule is O=C(O)C1C=Cc2ccccc2C1=S. The zero-order chi connectivity index (χ0) is 10.1. The summed E-state index contributed by atoms with van der Waals surface area (Å²) in [5, 5.41) is 8.90. The maximum atomic E-state index is 10.8. The third-order valence-corrected chi connectivity index (χ3v) is 2.72. The Balaban J connectivity index is 2.50. The molecule has 1 unspecified atom stereocenters. The molecule has 0 spiro atoms. The number of carboxylic acid groups (broad SMARTS) is 1. The Hall–Kier alpha value is -1.48. The molecule has 2 nitrogen and oxygen atoms in total. The Kier molecular flexibility index (Phi) is 2.17. The molecule has 0 fully saturated rings. The number of carbonyl (C=O) groups is 1. The van der Waals surface area contributed by atoms with Gasteiger partial charge in [0, 0.05) is 4.86 Å². The van der Waals surface area contributed by atoms with Crippen molar-refractivity contribution in [3.05, 3.63) is 41.5 Å². The van der Waals surface area contributed by atoms with Gasteiger partial charge >= 0.3 is 5.97 Å². The smallest absolute Gasteiger partial charge is 0.315 e. The molecule has 1 aromatic carbocycles. The summed E-state index contributed by atoms with van der Waals surface area (Å²) in [7, 11) is 0. The molecule has 0 saturated heterocycles. The quantitative estimate of drug-likeness (QED) is 0.712. The lowest BCUT2D eigenvalue weighted by Crippen LogP contribution is -2.23. The van der Waals surface area contributed by atoms with Gasteiger partial charge in [-0.25, -0.2) is 0 Å². The van der Waals surface area contributed by atoms with Gasteiger partial charge in [0.2, 0.25) is 0 Å². The van der Waals surface area contributed by atoms with Gasteiger partial charge in [-0.05, 0) is 11.1 Å². The van der Waals surface area contributed by atoms with Crippen LogP contribution >= 0.6 is 12.2 Å². The fourth-order valence-electron chi connectivity index (χ4n) is 1.52. The van der Waals surface area contributed by atoms with E-state index in [1.165, 1.54) is 0 Å². The van der Waals surface area contributed by atoms with Crippen LogP contribution < -0.4 is 0 Å². The minimum atomic E-state index is -0.888. The highest BCUT2D eigenvalue weighted by atomic mass is 32.1. The van der Waals surface area contributed by atoms with E-state index in [-0.39, 0.29) is 0 Å². The molecule has 1 N–H and O–H groups in total. The highest BCUT2D eigenvalue weighted by molar-refractivity contribution is 7.81. The molecule has 0 bridgehead atoms. The lowest BCUT2D eigenvalue weighted by atomic mass is 9.89. The van der Waals surface area contributed by atoms with Gasteiger partial charge in [0.1, 0.15) is 5.92 Å². The second-order valence-corrected chi connectivity index (χ2v) is 3.57. The molecule has 1 aliphatic carbocycles. The van der Waals surface area contributed by atoms with Crippen LogP contribution in [0.3, 0.4) is 0 Å². The van der Waals surface area contributed by atoms with Crippen LogP contribution in [0.4, 0.5) is 0 Å². The molecule has 1 aromatic rings. The van der Waals surface area contributed by atoms with Crippen molar-refractivity contribution in [2.45, 2.75) is 0 Å². The zero-order valence-corrected chi connectivity index (χ0v) is 8.12. The van der Waals surface area contributed by atoms with Crippen LogP contribution in [0, 0.1) is 5.92 Å². The number of hydrogen-bond acceptors (Lipinski definition) is 2. The van der Waals surface area contributed by atoms with Crippen LogP contribution in [0.15, 0.2) is 30.3 Å². The van der Waals surface area contributed by atoms with E-state index in [0.29, 0.717) is 4.86 Å². The van der Waals surface area contributed by atoms with Crippen molar-refractivity contribution in [3.63, 3.8) is 0 Å². The first kappa shape index (κ1) is 9.09. The van der Waals surface area contributed by atoms with Crippen molar-refractivity contribution in [3.8, 4) is 0 Å². The number of fused-ring (bicyclic) bond motifs is 1. The van der Waals surface area contributed by atoms with Crippen LogP contribution in [-0.4, -0.2) is 15.9 Å². The minimum Gasteiger partial charge on any atom is -0.481 e. The predicted molar refractivity (Wildman–Crippen MR) is 58.3 cm³/mol. The van der Waals surface area contributed by atoms with Gasteiger partial charge in [-0.15, -0.1) is 0 Å². The lowest BCUT2D eigenvalue weighted by Gasteiger charge is -2.16. The molecule has 1 atom stereocenters. The maximum Gasteiger partial charge on any atom is 0.315 e. The van der Waals surface area contributed by atoms with E-state index in [2.05, 4.69) is 0 Å². The first-order valence-electron chi connectivity index (χ1n) is 4.24. The Morgan fingerprint density at radius 3 is 2.79 bits per heavy atom. The molecule has 0 aromatic heterocycles. The van der Waals surface area contributed by atoms with E-state index in [1.807, 2.05) is 30.3 Å². The summed E-state index contributed by atoms with van der Waals surface area (Å²) in [5.41, 5.74) is 1.85. The number of thiocarbonyl (C=S) groups is 1. The van der Waals surface area contributed by atoms with Crippen molar-refractivity contribution >= 4 is 29.1 Å². The van der Waals surface area contributed by atoms with Crippen LogP contribution in [0.2, 0.25) is 0 Å². The van der Waals surface area contributed by atoms with Crippen molar-refractivity contribution in [2.75, 3.05) is 0 Å². The van der Waals surface area contributed by atoms with Crippen molar-refractivity contribution in [1.82, 2.24) is 0 Å². The molecule has 14 heavy (non-hydrogen) atoms. The molecule has 0 saturated carbocycles. The average molecular weight is 204 g/mol. The summed E-state index contributed by atoms with van der Waals surface area (Å²) in [6, 6.07) is 7.56. The first-order valence-corrected chi connectivity index (χ1v) is 4.65. The van der Waals surface area contributed by atoms with Gasteiger partial charge in [0.25, 0.3) is 0 Å². The van der Waals surface area contributed by atoms with E-state index in [1.54, 1.807) is 6.08 Å². The first-order chi connectivity index (χ1) is 6.70. The standard InChI is InChI=1S/C11H8O2S/c12-11(13)9-6-5-7-3-1-2-4-8(7)10(9)14/h1-6,9H,(H,12,13). The number of aliphatic carboxylic acids is 1. The Morgan fingerprint density at radius 2 is 2.07 bits per heavy atom. The normalized spacial score (nSPS) is 19.1. The van der Waals surface area contributed by atoms with E-state index in [9.17, 15) is 4.79 Å². The molecule has 2 rings (SSSR count). The van der Waals surface area contributed by atoms with Gasteiger partial charge in [-0.1, -0.05) is 48.6 Å². The summed E-state index contributed by atoms with van der Waals surface area (Å²) in [5.74, 6) is -1.54. The van der Waals surface area contributed by atoms with Crippen LogP contribution in [0.5, 0.6) is 0 Å². The van der Waals surface area contributed by atoms with E-state index < -0.39 is 11.9 Å². The highest BCUT2D eigenvalue weighted by Gasteiger charge is 2.24. The number of benzene rings is 1. The summed E-state index contributed by atoms with van der Waals surface area (Å²) >= 11 is 5.13. The molecule has 0 amide bonds. The molecule has 3 heteroatoms. The number of rotatable bonds is 1. The molecular weight excluding hydrogens is 196 g/mol. The van der Waals surface area contributed by atoms with E-state index in [4.69, 9.17) is 17.3 Å². The molecule has 70 valence electrons. The number of hydrogen-bond donors (Lipinski definition) is 1. The summed E-state index contributed by atoms with van der Waals surface area (Å²) in [6.07, 6.45) is 3.44. The van der Waals surface area contributed by atoms with Crippen LogP contribution in [-0.2, 0) is 4.79 Å². The summed E-state index contributed by atoms with van der Waals surface area (Å²) in [4.78, 5) is 11.3. The Morgan fingerprint density at radius 1 is 1.36 bits per heavy atom. The lowest BCUT2D eigenvalue weighted by molar-refractivity contribution is -0.137.